The molecule has 1 aromatic rings. The third-order valence-corrected chi connectivity index (χ3v) is 5.74. The molecule has 10 heteroatoms. The first kappa shape index (κ1) is 26.5. The van der Waals surface area contributed by atoms with E-state index >= 15 is 0 Å². The summed E-state index contributed by atoms with van der Waals surface area (Å²) in [6, 6.07) is 4.47. The van der Waals surface area contributed by atoms with Gasteiger partial charge in [-0.2, -0.15) is 13.2 Å². The Labute approximate surface area is 192 Å². The molecule has 0 atom stereocenters. The Morgan fingerprint density at radius 1 is 1.00 bits per heavy atom. The quantitative estimate of drug-likeness (QED) is 0.542. The van der Waals surface area contributed by atoms with Crippen LogP contribution in [0.1, 0.15) is 44.7 Å². The van der Waals surface area contributed by atoms with Crippen molar-refractivity contribution in [3.63, 3.8) is 0 Å². The molecule has 0 bridgehead atoms. The first-order valence-electron chi connectivity index (χ1n) is 11.2. The Morgan fingerprint density at radius 2 is 1.58 bits per heavy atom. The summed E-state index contributed by atoms with van der Waals surface area (Å²) in [5, 5.41) is 0. The zero-order valence-corrected chi connectivity index (χ0v) is 19.4. The summed E-state index contributed by atoms with van der Waals surface area (Å²) in [6.07, 6.45) is -3.54. The monoisotopic (exact) mass is 471 g/mol. The van der Waals surface area contributed by atoms with Gasteiger partial charge in [0, 0.05) is 38.6 Å². The molecule has 0 N–H and O–H groups in total. The molecule has 184 valence electrons. The highest BCUT2D eigenvalue weighted by Gasteiger charge is 2.33. The molecule has 0 saturated carbocycles. The van der Waals surface area contributed by atoms with Crippen LogP contribution >= 0.6 is 0 Å². The van der Waals surface area contributed by atoms with Gasteiger partial charge in [-0.1, -0.05) is 12.1 Å². The number of halogens is 3. The van der Waals surface area contributed by atoms with Crippen LogP contribution in [-0.2, 0) is 27.0 Å². The van der Waals surface area contributed by atoms with Gasteiger partial charge in [0.2, 0.25) is 5.91 Å². The maximum absolute atomic E-state index is 13.2. The molecule has 1 aliphatic heterocycles. The molecule has 1 saturated heterocycles. The molecule has 7 nitrogen and oxygen atoms in total. The largest absolute Gasteiger partial charge is 0.465 e. The van der Waals surface area contributed by atoms with Gasteiger partial charge in [-0.05, 0) is 51.3 Å². The number of urea groups is 1. The van der Waals surface area contributed by atoms with E-state index in [0.717, 1.165) is 12.1 Å². The molecule has 1 aliphatic rings. The number of nitrogens with zero attached hydrogens (tertiary/aromatic N) is 3. The third kappa shape index (κ3) is 7.36. The Morgan fingerprint density at radius 3 is 2.06 bits per heavy atom. The van der Waals surface area contributed by atoms with Crippen molar-refractivity contribution in [1.82, 2.24) is 14.7 Å². The standard InChI is InChI=1S/C23H32F3N3O4/c1-4-27(5-2)22(32)28-13-11-18(12-14-28)21(31)29(16-20(30)33-6-3)15-17-7-9-19(10-8-17)23(24,25)26/h7-10,18H,4-6,11-16H2,1-3H3. The number of hydrogen-bond donors (Lipinski definition) is 0. The Kier molecular flexibility index (Phi) is 9.55. The molecule has 0 aliphatic carbocycles. The van der Waals surface area contributed by atoms with Crippen LogP contribution in [0, 0.1) is 5.92 Å². The number of likely N-dealkylation sites (tertiary alicyclic amines) is 1. The van der Waals surface area contributed by atoms with Gasteiger partial charge in [0.1, 0.15) is 6.54 Å². The number of ether oxygens (including phenoxy) is 1. The zero-order chi connectivity index (χ0) is 24.6. The van der Waals surface area contributed by atoms with Crippen LogP contribution in [0.15, 0.2) is 24.3 Å². The van der Waals surface area contributed by atoms with Crippen molar-refractivity contribution in [1.29, 1.82) is 0 Å². The van der Waals surface area contributed by atoms with Gasteiger partial charge in [0.25, 0.3) is 0 Å². The van der Waals surface area contributed by atoms with Gasteiger partial charge < -0.3 is 19.4 Å². The van der Waals surface area contributed by atoms with Crippen molar-refractivity contribution < 1.29 is 32.3 Å². The van der Waals surface area contributed by atoms with E-state index in [9.17, 15) is 27.6 Å². The van der Waals surface area contributed by atoms with Crippen LogP contribution in [-0.4, -0.2) is 71.9 Å². The van der Waals surface area contributed by atoms with Crippen LogP contribution in [0.5, 0.6) is 0 Å². The van der Waals surface area contributed by atoms with Crippen molar-refractivity contribution in [3.8, 4) is 0 Å². The number of piperidine rings is 1. The fourth-order valence-corrected chi connectivity index (χ4v) is 3.86. The average molecular weight is 472 g/mol. The number of hydrogen-bond acceptors (Lipinski definition) is 4. The van der Waals surface area contributed by atoms with Crippen molar-refractivity contribution in [2.24, 2.45) is 5.92 Å². The number of rotatable bonds is 8. The maximum Gasteiger partial charge on any atom is 0.416 e. The molecule has 3 amide bonds. The highest BCUT2D eigenvalue weighted by molar-refractivity contribution is 5.84. The van der Waals surface area contributed by atoms with Crippen molar-refractivity contribution in [3.05, 3.63) is 35.4 Å². The lowest BCUT2D eigenvalue weighted by atomic mass is 9.95. The van der Waals surface area contributed by atoms with Gasteiger partial charge in [-0.15, -0.1) is 0 Å². The lowest BCUT2D eigenvalue weighted by Crippen LogP contribution is -2.49. The van der Waals surface area contributed by atoms with Crippen molar-refractivity contribution >= 4 is 17.9 Å². The second kappa shape index (κ2) is 11.9. The minimum Gasteiger partial charge on any atom is -0.465 e. The number of esters is 1. The molecule has 0 spiro atoms. The summed E-state index contributed by atoms with van der Waals surface area (Å²) < 4.78 is 43.5. The molecule has 1 heterocycles. The van der Waals surface area contributed by atoms with Crippen molar-refractivity contribution in [2.45, 2.75) is 46.3 Å². The third-order valence-electron chi connectivity index (χ3n) is 5.74. The van der Waals surface area contributed by atoms with E-state index in [0.29, 0.717) is 44.6 Å². The van der Waals surface area contributed by atoms with Gasteiger partial charge in [-0.3, -0.25) is 9.59 Å². The number of benzene rings is 1. The summed E-state index contributed by atoms with van der Waals surface area (Å²) in [4.78, 5) is 42.6. The predicted octanol–water partition coefficient (Wildman–Crippen LogP) is 3.77. The lowest BCUT2D eigenvalue weighted by Gasteiger charge is -2.36. The molecule has 33 heavy (non-hydrogen) atoms. The summed E-state index contributed by atoms with van der Waals surface area (Å²) in [5.74, 6) is -1.22. The van der Waals surface area contributed by atoms with Crippen LogP contribution in [0.3, 0.4) is 0 Å². The number of alkyl halides is 3. The zero-order valence-electron chi connectivity index (χ0n) is 19.4. The maximum atomic E-state index is 13.2. The molecule has 0 aromatic heterocycles. The fraction of sp³-hybridized carbons (Fsp3) is 0.609. The Bertz CT molecular complexity index is 802. The molecular formula is C23H32F3N3O4. The molecule has 1 aromatic carbocycles. The smallest absolute Gasteiger partial charge is 0.416 e. The van der Waals surface area contributed by atoms with Gasteiger partial charge in [-0.25, -0.2) is 4.79 Å². The normalized spacial score (nSPS) is 14.7. The van der Waals surface area contributed by atoms with E-state index in [1.54, 1.807) is 16.7 Å². The van der Waals surface area contributed by atoms with Crippen LogP contribution in [0.25, 0.3) is 0 Å². The van der Waals surface area contributed by atoms with E-state index in [4.69, 9.17) is 4.74 Å². The summed E-state index contributed by atoms with van der Waals surface area (Å²) in [5.41, 5.74) is -0.297. The van der Waals surface area contributed by atoms with E-state index in [2.05, 4.69) is 0 Å². The minimum atomic E-state index is -4.45. The number of carbonyl (C=O) groups is 3. The summed E-state index contributed by atoms with van der Waals surface area (Å²) >= 11 is 0. The van der Waals surface area contributed by atoms with E-state index in [1.807, 2.05) is 13.8 Å². The van der Waals surface area contributed by atoms with E-state index < -0.39 is 17.7 Å². The topological polar surface area (TPSA) is 70.2 Å². The molecule has 2 rings (SSSR count). The lowest BCUT2D eigenvalue weighted by molar-refractivity contribution is -0.151. The fourth-order valence-electron chi connectivity index (χ4n) is 3.86. The summed E-state index contributed by atoms with van der Waals surface area (Å²) in [6.45, 7) is 7.41. The minimum absolute atomic E-state index is 0.00558. The second-order valence-electron chi connectivity index (χ2n) is 7.91. The Balaban J connectivity index is 2.08. The van der Waals surface area contributed by atoms with Crippen LogP contribution < -0.4 is 0 Å². The van der Waals surface area contributed by atoms with Crippen LogP contribution in [0.2, 0.25) is 0 Å². The molecule has 0 radical (unpaired) electrons. The predicted molar refractivity (Wildman–Crippen MR) is 116 cm³/mol. The second-order valence-corrected chi connectivity index (χ2v) is 7.91. The summed E-state index contributed by atoms with van der Waals surface area (Å²) in [7, 11) is 0. The van der Waals surface area contributed by atoms with Gasteiger partial charge in [0.05, 0.1) is 12.2 Å². The van der Waals surface area contributed by atoms with E-state index in [1.165, 1.54) is 17.0 Å². The highest BCUT2D eigenvalue weighted by atomic mass is 19.4. The first-order valence-corrected chi connectivity index (χ1v) is 11.2. The van der Waals surface area contributed by atoms with E-state index in [-0.39, 0.29) is 37.6 Å². The van der Waals surface area contributed by atoms with Crippen molar-refractivity contribution in [2.75, 3.05) is 39.3 Å². The number of amides is 3. The average Bonchev–Trinajstić information content (AvgIpc) is 2.79. The Hall–Kier alpha value is -2.78. The molecule has 0 unspecified atom stereocenters. The molecule has 1 fully saturated rings. The highest BCUT2D eigenvalue weighted by Crippen LogP contribution is 2.29. The SMILES string of the molecule is CCOC(=O)CN(Cc1ccc(C(F)(F)F)cc1)C(=O)C1CCN(C(=O)N(CC)CC)CC1. The van der Waals surface area contributed by atoms with Gasteiger partial charge in [0.15, 0.2) is 0 Å². The number of carbonyl (C=O) groups excluding carboxylic acids is 3. The van der Waals surface area contributed by atoms with Crippen LogP contribution in [0.4, 0.5) is 18.0 Å². The van der Waals surface area contributed by atoms with Gasteiger partial charge >= 0.3 is 18.2 Å². The molecular weight excluding hydrogens is 439 g/mol. The first-order chi connectivity index (χ1) is 15.6.